The lowest BCUT2D eigenvalue weighted by Crippen LogP contribution is -2.28. The van der Waals surface area contributed by atoms with Crippen LogP contribution in [0.5, 0.6) is 0 Å². The average Bonchev–Trinajstić information content (AvgIpc) is 2.31. The number of carbonyl (C=O) groups excluding carboxylic acids is 1. The third kappa shape index (κ3) is 1.50. The van der Waals surface area contributed by atoms with Gasteiger partial charge in [0.15, 0.2) is 6.10 Å². The molecular formula is C6H8O5. The van der Waals surface area contributed by atoms with Gasteiger partial charge in [0.05, 0.1) is 6.61 Å². The molecule has 5 nitrogen and oxygen atoms in total. The summed E-state index contributed by atoms with van der Waals surface area (Å²) in [7, 11) is 0. The molecule has 0 bridgehead atoms. The highest BCUT2D eigenvalue weighted by molar-refractivity contribution is 5.88. The van der Waals surface area contributed by atoms with Crippen LogP contribution in [-0.4, -0.2) is 40.1 Å². The van der Waals surface area contributed by atoms with Gasteiger partial charge < -0.3 is 20.1 Å². The van der Waals surface area contributed by atoms with E-state index in [-0.39, 0.29) is 0 Å². The van der Waals surface area contributed by atoms with Crippen LogP contribution in [0.15, 0.2) is 11.8 Å². The standard InChI is InChI=1S/C6H8O5/c7-2-4(9)5-1-3(8)6(10)11-5/h1,4-5,7-9H,2H2/t4-,5+/m1/s1. The molecule has 0 aliphatic carbocycles. The first-order valence-electron chi connectivity index (χ1n) is 3.06. The predicted octanol–water partition coefficient (Wildman–Crippen LogP) is -1.29. The van der Waals surface area contributed by atoms with Crippen LogP contribution in [0.3, 0.4) is 0 Å². The summed E-state index contributed by atoms with van der Waals surface area (Å²) in [5, 5.41) is 26.0. The first-order chi connectivity index (χ1) is 5.15. The fourth-order valence-electron chi connectivity index (χ4n) is 0.735. The Morgan fingerprint density at radius 1 is 1.73 bits per heavy atom. The van der Waals surface area contributed by atoms with E-state index < -0.39 is 30.5 Å². The van der Waals surface area contributed by atoms with Crippen LogP contribution in [0, 0.1) is 0 Å². The zero-order valence-corrected chi connectivity index (χ0v) is 5.60. The van der Waals surface area contributed by atoms with Crippen molar-refractivity contribution in [3.63, 3.8) is 0 Å². The van der Waals surface area contributed by atoms with Gasteiger partial charge in [-0.05, 0) is 0 Å². The van der Waals surface area contributed by atoms with E-state index in [2.05, 4.69) is 4.74 Å². The molecule has 0 unspecified atom stereocenters. The van der Waals surface area contributed by atoms with Crippen molar-refractivity contribution < 1.29 is 24.9 Å². The van der Waals surface area contributed by atoms with Gasteiger partial charge in [0, 0.05) is 6.08 Å². The maximum Gasteiger partial charge on any atom is 0.373 e. The smallest absolute Gasteiger partial charge is 0.373 e. The second-order valence-corrected chi connectivity index (χ2v) is 2.17. The number of ether oxygens (including phenoxy) is 1. The second-order valence-electron chi connectivity index (χ2n) is 2.17. The van der Waals surface area contributed by atoms with E-state index in [0.29, 0.717) is 0 Å². The van der Waals surface area contributed by atoms with Crippen molar-refractivity contribution in [1.29, 1.82) is 0 Å². The molecule has 1 rings (SSSR count). The molecule has 0 saturated carbocycles. The van der Waals surface area contributed by atoms with Crippen molar-refractivity contribution in [2.75, 3.05) is 6.61 Å². The van der Waals surface area contributed by atoms with Crippen LogP contribution in [0.4, 0.5) is 0 Å². The number of carbonyl (C=O) groups is 1. The van der Waals surface area contributed by atoms with Crippen LogP contribution in [0.2, 0.25) is 0 Å². The average molecular weight is 160 g/mol. The van der Waals surface area contributed by atoms with Gasteiger partial charge in [-0.2, -0.15) is 0 Å². The summed E-state index contributed by atoms with van der Waals surface area (Å²) in [6.45, 7) is -0.512. The maximum atomic E-state index is 10.5. The lowest BCUT2D eigenvalue weighted by molar-refractivity contribution is -0.146. The molecule has 62 valence electrons. The van der Waals surface area contributed by atoms with E-state index >= 15 is 0 Å². The van der Waals surface area contributed by atoms with Crippen molar-refractivity contribution in [3.8, 4) is 0 Å². The van der Waals surface area contributed by atoms with E-state index in [4.69, 9.17) is 15.3 Å². The largest absolute Gasteiger partial charge is 0.502 e. The summed E-state index contributed by atoms with van der Waals surface area (Å²) >= 11 is 0. The Morgan fingerprint density at radius 2 is 2.36 bits per heavy atom. The number of hydrogen-bond donors (Lipinski definition) is 3. The van der Waals surface area contributed by atoms with E-state index in [1.807, 2.05) is 0 Å². The van der Waals surface area contributed by atoms with Crippen molar-refractivity contribution in [2.24, 2.45) is 0 Å². The SMILES string of the molecule is O=C1O[C@H]([C@H](O)CO)C=C1O. The predicted molar refractivity (Wildman–Crippen MR) is 33.7 cm³/mol. The highest BCUT2D eigenvalue weighted by Gasteiger charge is 2.29. The number of aliphatic hydroxyl groups excluding tert-OH is 3. The minimum atomic E-state index is -1.16. The summed E-state index contributed by atoms with van der Waals surface area (Å²) < 4.78 is 4.43. The zero-order chi connectivity index (χ0) is 8.43. The first kappa shape index (κ1) is 8.03. The Morgan fingerprint density at radius 3 is 2.73 bits per heavy atom. The summed E-state index contributed by atoms with van der Waals surface area (Å²) in [5.41, 5.74) is 0. The minimum Gasteiger partial charge on any atom is -0.502 e. The molecule has 3 N–H and O–H groups in total. The van der Waals surface area contributed by atoms with Gasteiger partial charge in [-0.3, -0.25) is 0 Å². The molecule has 11 heavy (non-hydrogen) atoms. The van der Waals surface area contributed by atoms with E-state index in [9.17, 15) is 4.79 Å². The third-order valence-electron chi connectivity index (χ3n) is 1.34. The molecule has 0 saturated heterocycles. The minimum absolute atomic E-state index is 0.512. The summed E-state index contributed by atoms with van der Waals surface area (Å²) in [6, 6.07) is 0. The molecule has 0 radical (unpaired) electrons. The molecule has 0 aromatic rings. The molecule has 0 aromatic carbocycles. The molecule has 0 aromatic heterocycles. The Labute approximate surface area is 62.5 Å². The van der Waals surface area contributed by atoms with Crippen LogP contribution >= 0.6 is 0 Å². The highest BCUT2D eigenvalue weighted by Crippen LogP contribution is 2.13. The van der Waals surface area contributed by atoms with Gasteiger partial charge in [-0.15, -0.1) is 0 Å². The topological polar surface area (TPSA) is 87.0 Å². The molecule has 1 heterocycles. The van der Waals surface area contributed by atoms with Gasteiger partial charge >= 0.3 is 5.97 Å². The molecule has 0 fully saturated rings. The number of rotatable bonds is 2. The van der Waals surface area contributed by atoms with E-state index in [0.717, 1.165) is 6.08 Å². The van der Waals surface area contributed by atoms with Crippen LogP contribution in [0.1, 0.15) is 0 Å². The van der Waals surface area contributed by atoms with Gasteiger partial charge in [-0.25, -0.2) is 4.79 Å². The zero-order valence-electron chi connectivity index (χ0n) is 5.60. The fraction of sp³-hybridized carbons (Fsp3) is 0.500. The first-order valence-corrected chi connectivity index (χ1v) is 3.06. The van der Waals surface area contributed by atoms with Crippen molar-refractivity contribution in [1.82, 2.24) is 0 Å². The maximum absolute atomic E-state index is 10.5. The Balaban J connectivity index is 2.60. The quantitative estimate of drug-likeness (QED) is 0.437. The monoisotopic (exact) mass is 160 g/mol. The van der Waals surface area contributed by atoms with Crippen LogP contribution in [0.25, 0.3) is 0 Å². The Hall–Kier alpha value is -1.07. The summed E-state index contributed by atoms with van der Waals surface area (Å²) in [4.78, 5) is 10.5. The molecule has 1 aliphatic rings. The van der Waals surface area contributed by atoms with Gasteiger partial charge in [0.25, 0.3) is 0 Å². The van der Waals surface area contributed by atoms with Crippen molar-refractivity contribution in [3.05, 3.63) is 11.8 Å². The Bertz CT molecular complexity index is 197. The molecule has 5 heteroatoms. The van der Waals surface area contributed by atoms with E-state index in [1.54, 1.807) is 0 Å². The highest BCUT2D eigenvalue weighted by atomic mass is 16.6. The second kappa shape index (κ2) is 2.89. The van der Waals surface area contributed by atoms with Crippen LogP contribution < -0.4 is 0 Å². The van der Waals surface area contributed by atoms with Gasteiger partial charge in [0.1, 0.15) is 6.10 Å². The Kier molecular flexibility index (Phi) is 2.11. The summed E-state index contributed by atoms with van der Waals surface area (Å²) in [5.74, 6) is -1.40. The van der Waals surface area contributed by atoms with Gasteiger partial charge in [-0.1, -0.05) is 0 Å². The lowest BCUT2D eigenvalue weighted by atomic mass is 10.2. The summed E-state index contributed by atoms with van der Waals surface area (Å²) in [6.07, 6.45) is -1.03. The molecule has 0 spiro atoms. The van der Waals surface area contributed by atoms with Crippen molar-refractivity contribution in [2.45, 2.75) is 12.2 Å². The number of cyclic esters (lactones) is 1. The van der Waals surface area contributed by atoms with Crippen LogP contribution in [-0.2, 0) is 9.53 Å². The number of hydrogen-bond acceptors (Lipinski definition) is 5. The molecule has 2 atom stereocenters. The molecule has 0 amide bonds. The fourth-order valence-corrected chi connectivity index (χ4v) is 0.735. The van der Waals surface area contributed by atoms with Crippen molar-refractivity contribution >= 4 is 5.97 Å². The molecule has 1 aliphatic heterocycles. The lowest BCUT2D eigenvalue weighted by Gasteiger charge is -2.11. The number of aliphatic hydroxyl groups is 3. The normalized spacial score (nSPS) is 26.2. The number of esters is 1. The van der Waals surface area contributed by atoms with Gasteiger partial charge in [0.2, 0.25) is 5.76 Å². The molecular weight excluding hydrogens is 152 g/mol. The third-order valence-corrected chi connectivity index (χ3v) is 1.34. The van der Waals surface area contributed by atoms with E-state index in [1.165, 1.54) is 0 Å².